The lowest BCUT2D eigenvalue weighted by molar-refractivity contribution is -0.343. The summed E-state index contributed by atoms with van der Waals surface area (Å²) in [5, 5.41) is 51.3. The predicted molar refractivity (Wildman–Crippen MR) is 348 cm³/mol. The molecule has 17 heteroatoms. The van der Waals surface area contributed by atoms with E-state index < -0.39 is 89.3 Å². The maximum absolute atomic E-state index is 14.2. The molecule has 6 saturated heterocycles. The zero-order valence-corrected chi connectivity index (χ0v) is 57.0. The first kappa shape index (κ1) is 70.7. The molecular weight excluding hydrogens is 1160 g/mol. The van der Waals surface area contributed by atoms with E-state index in [1.807, 2.05) is 45.1 Å². The number of rotatable bonds is 6. The van der Waals surface area contributed by atoms with Crippen LogP contribution in [0.3, 0.4) is 0 Å². The molecule has 504 valence electrons. The minimum absolute atomic E-state index is 0.0340. The second kappa shape index (κ2) is 29.2. The molecule has 0 amide bonds. The van der Waals surface area contributed by atoms with Gasteiger partial charge in [-0.15, -0.1) is 0 Å². The standard InChI is InChI=1S/C37H53NO8.C37H54O8/c1-21(2)14-25(6)33-26(7)31(38-42-8)19-36(46-33)18-29-17-28(45-36)13-12-23(4)15-22(3)10-9-11-27-20-43-34-32(39)24(5)16-30(35(40)44-29)37(27,34)41;1-21(2)14-24(5)32-26(7)31(38)19-36(45-32)18-29-17-28(44-36)13-12-23(4)15-22(3)10-9-11-27-20-42-34-33(41-8)25(6)16-30(35(39)43-29)37(27,34)40/h9-12,14,16,21-22,26,28-30,32-34,39,41H,13,15,17-20H2,1-8H3;9-12,14,16,21-22,26,28-34,38,40H,13,15,17-20H2,1-8H3/b10-9+,23-12+,25-14+,27-11+,38-31+;10-9+,23-12+,24-14+,27-11+/t22?,26?,28?,29?,30-,32?,33+,34?,36-,37?;/m0./s1. The molecule has 2 spiro atoms. The van der Waals surface area contributed by atoms with Gasteiger partial charge in [-0.1, -0.05) is 145 Å². The summed E-state index contributed by atoms with van der Waals surface area (Å²) >= 11 is 0. The fraction of sp³-hybridized carbons (Fsp3) is 0.689. The van der Waals surface area contributed by atoms with Crippen molar-refractivity contribution in [3.05, 3.63) is 117 Å². The number of oxime groups is 1. The number of nitrogens with zero attached hydrogens (tertiary/aromatic N) is 1. The number of carbonyl (C=O) groups excluding carboxylic acids is 2. The summed E-state index contributed by atoms with van der Waals surface area (Å²) in [6.07, 6.45) is 23.1. The molecule has 18 unspecified atom stereocenters. The van der Waals surface area contributed by atoms with E-state index >= 15 is 0 Å². The van der Waals surface area contributed by atoms with E-state index in [1.165, 1.54) is 11.1 Å². The smallest absolute Gasteiger partial charge is 0.316 e. The number of allylic oxidation sites excluding steroid dienone is 10. The minimum Gasteiger partial charge on any atom is -0.462 e. The van der Waals surface area contributed by atoms with Crippen LogP contribution in [0.1, 0.15) is 161 Å². The van der Waals surface area contributed by atoms with Crippen LogP contribution in [0.2, 0.25) is 0 Å². The van der Waals surface area contributed by atoms with Crippen molar-refractivity contribution >= 4 is 17.7 Å². The lowest BCUT2D eigenvalue weighted by Crippen LogP contribution is -2.59. The van der Waals surface area contributed by atoms with Gasteiger partial charge in [0.25, 0.3) is 0 Å². The number of carbonyl (C=O) groups is 2. The van der Waals surface area contributed by atoms with Crippen LogP contribution in [0.15, 0.2) is 123 Å². The monoisotopic (exact) mass is 1270 g/mol. The van der Waals surface area contributed by atoms with Gasteiger partial charge in [0, 0.05) is 57.5 Å². The van der Waals surface area contributed by atoms with Gasteiger partial charge in [-0.2, -0.15) is 0 Å². The highest BCUT2D eigenvalue weighted by Gasteiger charge is 2.63. The Morgan fingerprint density at radius 1 is 0.648 bits per heavy atom. The highest BCUT2D eigenvalue weighted by atomic mass is 16.7. The largest absolute Gasteiger partial charge is 0.462 e. The topological polar surface area (TPSA) is 220 Å². The molecule has 0 aromatic heterocycles. The molecule has 8 aliphatic heterocycles. The van der Waals surface area contributed by atoms with E-state index in [0.717, 1.165) is 35.3 Å². The van der Waals surface area contributed by atoms with Gasteiger partial charge < -0.3 is 67.9 Å². The normalized spacial score (nSPS) is 45.3. The second-order valence-corrected chi connectivity index (χ2v) is 29.1. The predicted octanol–water partition coefficient (Wildman–Crippen LogP) is 11.5. The molecule has 10 rings (SSSR count). The first-order valence-corrected chi connectivity index (χ1v) is 33.6. The van der Waals surface area contributed by atoms with E-state index in [-0.39, 0.29) is 61.3 Å². The zero-order valence-electron chi connectivity index (χ0n) is 57.0. The highest BCUT2D eigenvalue weighted by molar-refractivity contribution is 5.88. The summed E-state index contributed by atoms with van der Waals surface area (Å²) in [4.78, 5) is 33.6. The third-order valence-electron chi connectivity index (χ3n) is 20.5. The van der Waals surface area contributed by atoms with E-state index in [4.69, 9.17) is 47.5 Å². The summed E-state index contributed by atoms with van der Waals surface area (Å²) in [6, 6.07) is 0. The van der Waals surface area contributed by atoms with Crippen LogP contribution in [0, 0.1) is 47.3 Å². The molecule has 4 bridgehead atoms. The van der Waals surface area contributed by atoms with Crippen molar-refractivity contribution in [2.24, 2.45) is 52.5 Å². The molecule has 10 aliphatic rings. The van der Waals surface area contributed by atoms with Crippen molar-refractivity contribution in [3.63, 3.8) is 0 Å². The molecule has 0 saturated carbocycles. The number of fused-ring (bicyclic) bond motifs is 4. The lowest BCUT2D eigenvalue weighted by atomic mass is 9.70. The average Bonchev–Trinajstić information content (AvgIpc) is 1.66. The Bertz CT molecular complexity index is 3000. The van der Waals surface area contributed by atoms with Crippen molar-refractivity contribution in [3.8, 4) is 0 Å². The second-order valence-electron chi connectivity index (χ2n) is 29.1. The fourth-order valence-corrected chi connectivity index (χ4v) is 16.1. The van der Waals surface area contributed by atoms with E-state index in [2.05, 4.69) is 111 Å². The Balaban J connectivity index is 0.000000215. The molecule has 91 heavy (non-hydrogen) atoms. The summed E-state index contributed by atoms with van der Waals surface area (Å²) in [6.45, 7) is 29.3. The molecule has 21 atom stereocenters. The number of aliphatic hydroxyl groups excluding tert-OH is 2. The van der Waals surface area contributed by atoms with Gasteiger partial charge in [0.2, 0.25) is 0 Å². The number of hydrogen-bond donors (Lipinski definition) is 4. The van der Waals surface area contributed by atoms with Crippen LogP contribution < -0.4 is 0 Å². The number of methoxy groups -OCH3 is 1. The first-order valence-electron chi connectivity index (χ1n) is 33.6. The molecule has 17 nitrogen and oxygen atoms in total. The van der Waals surface area contributed by atoms with Crippen molar-refractivity contribution in [2.45, 2.75) is 251 Å². The Hall–Kier alpha value is -4.63. The van der Waals surface area contributed by atoms with Gasteiger partial charge in [-0.3, -0.25) is 9.59 Å². The summed E-state index contributed by atoms with van der Waals surface area (Å²) in [5.41, 5.74) is 4.68. The van der Waals surface area contributed by atoms with Crippen molar-refractivity contribution < 1.29 is 77.5 Å². The van der Waals surface area contributed by atoms with Crippen LogP contribution in [0.4, 0.5) is 0 Å². The highest BCUT2D eigenvalue weighted by Crippen LogP contribution is 2.51. The van der Waals surface area contributed by atoms with Gasteiger partial charge in [-0.25, -0.2) is 0 Å². The molecular formula is C74H107NO16. The third-order valence-corrected chi connectivity index (χ3v) is 20.5. The molecule has 2 aliphatic carbocycles. The first-order chi connectivity index (χ1) is 43.0. The zero-order chi connectivity index (χ0) is 66.1. The molecule has 0 aromatic rings. The van der Waals surface area contributed by atoms with Crippen LogP contribution in [0.25, 0.3) is 0 Å². The van der Waals surface area contributed by atoms with Gasteiger partial charge in [0.05, 0.1) is 49.4 Å². The number of hydrogen-bond acceptors (Lipinski definition) is 17. The van der Waals surface area contributed by atoms with E-state index in [9.17, 15) is 30.0 Å². The Morgan fingerprint density at radius 3 is 1.66 bits per heavy atom. The summed E-state index contributed by atoms with van der Waals surface area (Å²) in [7, 11) is 3.14. The Kier molecular flexibility index (Phi) is 22.6. The Morgan fingerprint density at radius 2 is 1.13 bits per heavy atom. The molecule has 8 heterocycles. The van der Waals surface area contributed by atoms with Gasteiger partial charge in [0.15, 0.2) is 11.6 Å². The lowest BCUT2D eigenvalue weighted by Gasteiger charge is -2.51. The molecule has 6 fully saturated rings. The molecule has 0 radical (unpaired) electrons. The Labute approximate surface area is 541 Å². The van der Waals surface area contributed by atoms with Gasteiger partial charge >= 0.3 is 11.9 Å². The van der Waals surface area contributed by atoms with Crippen LogP contribution in [0.5, 0.6) is 0 Å². The molecule has 4 N–H and O–H groups in total. The number of esters is 2. The van der Waals surface area contributed by atoms with Crippen molar-refractivity contribution in [2.75, 3.05) is 27.4 Å². The summed E-state index contributed by atoms with van der Waals surface area (Å²) < 4.78 is 57.8. The van der Waals surface area contributed by atoms with E-state index in [1.54, 1.807) is 33.3 Å². The maximum atomic E-state index is 14.2. The summed E-state index contributed by atoms with van der Waals surface area (Å²) in [5.74, 6) is -4.26. The molecule has 0 aromatic carbocycles. The number of aliphatic hydroxyl groups is 4. The van der Waals surface area contributed by atoms with Gasteiger partial charge in [-0.05, 0) is 124 Å². The fourth-order valence-electron chi connectivity index (χ4n) is 16.1. The van der Waals surface area contributed by atoms with E-state index in [0.29, 0.717) is 79.9 Å². The number of ether oxygens (including phenoxy) is 9. The third kappa shape index (κ3) is 15.4. The van der Waals surface area contributed by atoms with Crippen molar-refractivity contribution in [1.82, 2.24) is 0 Å². The van der Waals surface area contributed by atoms with Crippen LogP contribution >= 0.6 is 0 Å². The SMILES string of the molecule is CO/N=C1\C[C@]2(CC3CC(C/C=C(\C)CC(C)/C=C/C=C4\COC5C(O)C(C)=C[C@@H](C(=O)O3)C45O)O2)O[C@H](/C(C)=C/C(C)C)C1C.COC1C(C)=CC2C(=O)OC3CC(C/C=C(\C)CC(C)/C=C/C=C4\COC1C42O)OC1(C3)CC(O)C(C)C(/C(C)=C/C(C)C)O1. The van der Waals surface area contributed by atoms with Crippen LogP contribution in [-0.4, -0.2) is 155 Å². The quantitative estimate of drug-likeness (QED) is 0.110. The minimum atomic E-state index is -1.74. The van der Waals surface area contributed by atoms with Crippen LogP contribution in [-0.2, 0) is 57.1 Å². The van der Waals surface area contributed by atoms with Gasteiger partial charge in [0.1, 0.15) is 66.8 Å². The van der Waals surface area contributed by atoms with Crippen molar-refractivity contribution in [1.29, 1.82) is 0 Å². The average molecular weight is 1270 g/mol. The maximum Gasteiger partial charge on any atom is 0.316 e.